The third-order valence-corrected chi connectivity index (χ3v) is 5.65. The fourth-order valence-corrected chi connectivity index (χ4v) is 4.00. The zero-order valence-corrected chi connectivity index (χ0v) is 18.4. The Morgan fingerprint density at radius 3 is 1.54 bits per heavy atom. The Labute approximate surface area is 185 Å². The second-order valence-corrected chi connectivity index (χ2v) is 7.54. The molecule has 10 heteroatoms. The van der Waals surface area contributed by atoms with E-state index in [0.29, 0.717) is 13.1 Å². The molecule has 4 heterocycles. The van der Waals surface area contributed by atoms with E-state index in [4.69, 9.17) is 11.5 Å². The lowest BCUT2D eigenvalue weighted by Gasteiger charge is -2.02. The normalized spacial score (nSPS) is 10.1. The molecule has 4 aromatic rings. The number of rotatable bonds is 6. The van der Waals surface area contributed by atoms with Crippen LogP contribution in [0.5, 0.6) is 0 Å². The van der Waals surface area contributed by atoms with Crippen LogP contribution in [-0.4, -0.2) is 43.4 Å². The van der Waals surface area contributed by atoms with Crippen LogP contribution in [0.2, 0.25) is 0 Å². The van der Waals surface area contributed by atoms with Crippen LogP contribution in [0.25, 0.3) is 11.3 Å². The molecule has 6 nitrogen and oxygen atoms in total. The minimum absolute atomic E-state index is 0. The predicted octanol–water partition coefficient (Wildman–Crippen LogP) is 3.61. The van der Waals surface area contributed by atoms with Gasteiger partial charge in [0.1, 0.15) is 11.3 Å². The van der Waals surface area contributed by atoms with Gasteiger partial charge in [0.2, 0.25) is 0 Å². The van der Waals surface area contributed by atoms with E-state index in [1.165, 1.54) is 10.1 Å². The van der Waals surface area contributed by atoms with Crippen LogP contribution in [0.1, 0.15) is 0 Å². The van der Waals surface area contributed by atoms with Gasteiger partial charge in [-0.1, -0.05) is 12.1 Å². The van der Waals surface area contributed by atoms with Crippen molar-refractivity contribution in [2.45, 2.75) is 10.1 Å². The van der Waals surface area contributed by atoms with Gasteiger partial charge < -0.3 is 11.5 Å². The first kappa shape index (κ1) is 24.6. The second kappa shape index (κ2) is 12.9. The van der Waals surface area contributed by atoms with Crippen molar-refractivity contribution in [3.8, 4) is 0 Å². The Morgan fingerprint density at radius 1 is 0.714 bits per heavy atom. The maximum Gasteiger partial charge on any atom is 0.137 e. The maximum atomic E-state index is 5.45. The predicted molar refractivity (Wildman–Crippen MR) is 124 cm³/mol. The molecule has 0 amide bonds. The molecule has 0 saturated carbocycles. The van der Waals surface area contributed by atoms with E-state index in [1.807, 2.05) is 49.1 Å². The van der Waals surface area contributed by atoms with Gasteiger partial charge in [-0.2, -0.15) is 0 Å². The molecule has 28 heavy (non-hydrogen) atoms. The van der Waals surface area contributed by atoms with Gasteiger partial charge >= 0.3 is 0 Å². The number of nitrogens with two attached hydrogens (primary N) is 2. The standard InChI is InChI=1S/2C9H11N3S.2ClH/c2*10-4-7-13-9-3-1-2-8-11-5-6-12(8)9;;/h2*1-3,5-6H,4,7,10H2;2*1H. The van der Waals surface area contributed by atoms with E-state index in [-0.39, 0.29) is 24.8 Å². The number of thioether (sulfide) groups is 2. The number of fused-ring (bicyclic) bond motifs is 2. The van der Waals surface area contributed by atoms with Crippen molar-refractivity contribution >= 4 is 59.6 Å². The van der Waals surface area contributed by atoms with E-state index in [9.17, 15) is 0 Å². The van der Waals surface area contributed by atoms with Crippen molar-refractivity contribution < 1.29 is 0 Å². The van der Waals surface area contributed by atoms with Crippen molar-refractivity contribution in [1.29, 1.82) is 0 Å². The summed E-state index contributed by atoms with van der Waals surface area (Å²) in [6.45, 7) is 1.41. The zero-order chi connectivity index (χ0) is 18.2. The quantitative estimate of drug-likeness (QED) is 0.429. The molecule has 0 aliphatic rings. The molecule has 0 spiro atoms. The van der Waals surface area contributed by atoms with Crippen molar-refractivity contribution in [3.63, 3.8) is 0 Å². The number of halogens is 2. The third kappa shape index (κ3) is 6.30. The highest BCUT2D eigenvalue weighted by Gasteiger charge is 2.00. The number of hydrogen-bond acceptors (Lipinski definition) is 6. The average molecular weight is 459 g/mol. The molecule has 0 unspecified atom stereocenters. The van der Waals surface area contributed by atoms with Gasteiger partial charge in [0.15, 0.2) is 0 Å². The summed E-state index contributed by atoms with van der Waals surface area (Å²) in [4.78, 5) is 8.41. The van der Waals surface area contributed by atoms with E-state index < -0.39 is 0 Å². The van der Waals surface area contributed by atoms with Gasteiger partial charge in [-0.15, -0.1) is 48.3 Å². The summed E-state index contributed by atoms with van der Waals surface area (Å²) in [6.07, 6.45) is 7.55. The Hall–Kier alpha value is -1.42. The molecule has 0 radical (unpaired) electrons. The van der Waals surface area contributed by atoms with Crippen molar-refractivity contribution in [2.75, 3.05) is 24.6 Å². The molecule has 0 aliphatic heterocycles. The number of aromatic nitrogens is 4. The molecule has 0 bridgehead atoms. The van der Waals surface area contributed by atoms with Crippen LogP contribution < -0.4 is 11.5 Å². The van der Waals surface area contributed by atoms with Gasteiger partial charge in [0.25, 0.3) is 0 Å². The van der Waals surface area contributed by atoms with Crippen molar-refractivity contribution in [3.05, 3.63) is 61.2 Å². The summed E-state index contributed by atoms with van der Waals surface area (Å²) in [7, 11) is 0. The van der Waals surface area contributed by atoms with Crippen LogP contribution in [0.15, 0.2) is 71.2 Å². The molecule has 0 atom stereocenters. The maximum absolute atomic E-state index is 5.45. The molecule has 4 rings (SSSR count). The van der Waals surface area contributed by atoms with Crippen LogP contribution in [-0.2, 0) is 0 Å². The number of imidazole rings is 2. The molecule has 4 N–H and O–H groups in total. The first-order valence-corrected chi connectivity index (χ1v) is 10.3. The minimum atomic E-state index is 0. The highest BCUT2D eigenvalue weighted by molar-refractivity contribution is 7.99. The van der Waals surface area contributed by atoms with Crippen LogP contribution >= 0.6 is 48.3 Å². The fourth-order valence-electron chi connectivity index (χ4n) is 2.41. The SMILES string of the molecule is Cl.Cl.NCCSc1cccc2nccn12.NCCSc1cccc2nccn12. The van der Waals surface area contributed by atoms with Crippen molar-refractivity contribution in [2.24, 2.45) is 11.5 Å². The summed E-state index contributed by atoms with van der Waals surface area (Å²) in [6, 6.07) is 12.2. The lowest BCUT2D eigenvalue weighted by atomic mass is 10.5. The molecule has 4 aromatic heterocycles. The number of hydrogen-bond donors (Lipinski definition) is 2. The minimum Gasteiger partial charge on any atom is -0.330 e. The summed E-state index contributed by atoms with van der Waals surface area (Å²) >= 11 is 3.50. The van der Waals surface area contributed by atoms with Crippen molar-refractivity contribution in [1.82, 2.24) is 18.8 Å². The Morgan fingerprint density at radius 2 is 1.14 bits per heavy atom. The topological polar surface area (TPSA) is 86.6 Å². The molecule has 0 fully saturated rings. The summed E-state index contributed by atoms with van der Waals surface area (Å²) < 4.78 is 4.14. The van der Waals surface area contributed by atoms with Gasteiger partial charge in [-0.3, -0.25) is 8.80 Å². The lowest BCUT2D eigenvalue weighted by Crippen LogP contribution is -2.01. The monoisotopic (exact) mass is 458 g/mol. The molecule has 0 aromatic carbocycles. The van der Waals surface area contributed by atoms with Crippen LogP contribution in [0.4, 0.5) is 0 Å². The Bertz CT molecular complexity index is 881. The number of nitrogens with zero attached hydrogens (tertiary/aromatic N) is 4. The highest BCUT2D eigenvalue weighted by atomic mass is 35.5. The second-order valence-electron chi connectivity index (χ2n) is 5.31. The van der Waals surface area contributed by atoms with Gasteiger partial charge in [0, 0.05) is 49.4 Å². The summed E-state index contributed by atoms with van der Waals surface area (Å²) in [5.74, 6) is 1.88. The molecular formula is C18H24Cl2N6S2. The molecule has 0 saturated heterocycles. The van der Waals surface area contributed by atoms with E-state index in [0.717, 1.165) is 22.8 Å². The summed E-state index contributed by atoms with van der Waals surface area (Å²) in [5.41, 5.74) is 12.9. The van der Waals surface area contributed by atoms with Gasteiger partial charge in [-0.25, -0.2) is 9.97 Å². The Kier molecular flexibility index (Phi) is 11.4. The van der Waals surface area contributed by atoms with Crippen LogP contribution in [0, 0.1) is 0 Å². The lowest BCUT2D eigenvalue weighted by molar-refractivity contribution is 1.02. The highest BCUT2D eigenvalue weighted by Crippen LogP contribution is 2.19. The third-order valence-electron chi connectivity index (χ3n) is 3.52. The average Bonchev–Trinajstić information content (AvgIpc) is 3.34. The largest absolute Gasteiger partial charge is 0.330 e. The van der Waals surface area contributed by atoms with E-state index in [1.54, 1.807) is 23.5 Å². The molecule has 0 aliphatic carbocycles. The fraction of sp³-hybridized carbons (Fsp3) is 0.222. The number of pyridine rings is 2. The Balaban J connectivity index is 0.000000261. The first-order valence-electron chi connectivity index (χ1n) is 8.33. The van der Waals surface area contributed by atoms with Crippen LogP contribution in [0.3, 0.4) is 0 Å². The van der Waals surface area contributed by atoms with E-state index >= 15 is 0 Å². The zero-order valence-electron chi connectivity index (χ0n) is 15.2. The van der Waals surface area contributed by atoms with E-state index in [2.05, 4.69) is 30.9 Å². The smallest absolute Gasteiger partial charge is 0.137 e. The summed E-state index contributed by atoms with van der Waals surface area (Å²) in [5, 5.41) is 2.39. The first-order chi connectivity index (χ1) is 12.8. The molecular weight excluding hydrogens is 435 g/mol. The molecule has 152 valence electrons. The van der Waals surface area contributed by atoms with Gasteiger partial charge in [0.05, 0.1) is 10.1 Å². The van der Waals surface area contributed by atoms with Gasteiger partial charge in [-0.05, 0) is 24.3 Å².